The van der Waals surface area contributed by atoms with E-state index >= 15 is 0 Å². The number of hydrogen-bond acceptors (Lipinski definition) is 4. The maximum absolute atomic E-state index is 12.2. The highest BCUT2D eigenvalue weighted by molar-refractivity contribution is 7.12. The van der Waals surface area contributed by atoms with E-state index in [0.29, 0.717) is 22.8 Å². The summed E-state index contributed by atoms with van der Waals surface area (Å²) < 4.78 is 5.82. The number of carbonyl (C=O) groups excluding carboxylic acids is 2. The van der Waals surface area contributed by atoms with E-state index in [2.05, 4.69) is 16.0 Å². The first-order chi connectivity index (χ1) is 13.7. The summed E-state index contributed by atoms with van der Waals surface area (Å²) in [6.45, 7) is 0.412. The largest absolute Gasteiger partial charge is 0.488 e. The molecule has 2 aromatic carbocycles. The van der Waals surface area contributed by atoms with Crippen LogP contribution in [0, 0.1) is 0 Å². The molecule has 0 unspecified atom stereocenters. The molecule has 1 aliphatic heterocycles. The molecule has 28 heavy (non-hydrogen) atoms. The summed E-state index contributed by atoms with van der Waals surface area (Å²) in [6, 6.07) is 18.2. The van der Waals surface area contributed by atoms with Gasteiger partial charge in [-0.25, -0.2) is 4.79 Å². The van der Waals surface area contributed by atoms with Gasteiger partial charge < -0.3 is 20.7 Å². The Bertz CT molecular complexity index is 963. The molecule has 142 valence electrons. The fraction of sp³-hybridized carbons (Fsp3) is 0.143. The third kappa shape index (κ3) is 4.32. The molecular weight excluding hydrogens is 374 g/mol. The monoisotopic (exact) mass is 393 g/mol. The highest BCUT2D eigenvalue weighted by Crippen LogP contribution is 2.27. The smallest absolute Gasteiger partial charge is 0.319 e. The molecule has 6 nitrogen and oxygen atoms in total. The topological polar surface area (TPSA) is 79.5 Å². The summed E-state index contributed by atoms with van der Waals surface area (Å²) in [5, 5.41) is 10.3. The number of rotatable bonds is 5. The molecule has 1 aromatic heterocycles. The van der Waals surface area contributed by atoms with Gasteiger partial charge in [0.1, 0.15) is 11.9 Å². The number of carbonyl (C=O) groups is 2. The first-order valence-corrected chi connectivity index (χ1v) is 9.80. The number of anilines is 2. The number of fused-ring (bicyclic) bond motifs is 1. The minimum absolute atomic E-state index is 0.0698. The number of para-hydroxylation sites is 1. The van der Waals surface area contributed by atoms with Crippen molar-refractivity contribution in [3.8, 4) is 5.75 Å². The van der Waals surface area contributed by atoms with E-state index in [1.165, 1.54) is 11.3 Å². The van der Waals surface area contributed by atoms with E-state index in [-0.39, 0.29) is 18.0 Å². The van der Waals surface area contributed by atoms with Crippen LogP contribution in [0.5, 0.6) is 5.75 Å². The van der Waals surface area contributed by atoms with Crippen molar-refractivity contribution < 1.29 is 14.3 Å². The molecule has 1 atom stereocenters. The van der Waals surface area contributed by atoms with Crippen LogP contribution in [0.1, 0.15) is 15.2 Å². The normalized spacial score (nSPS) is 14.6. The van der Waals surface area contributed by atoms with Gasteiger partial charge in [-0.05, 0) is 41.3 Å². The van der Waals surface area contributed by atoms with Crippen LogP contribution in [0.25, 0.3) is 0 Å². The van der Waals surface area contributed by atoms with Gasteiger partial charge in [0.05, 0.1) is 11.4 Å². The van der Waals surface area contributed by atoms with Crippen molar-refractivity contribution in [1.29, 1.82) is 0 Å². The van der Waals surface area contributed by atoms with Gasteiger partial charge in [-0.3, -0.25) is 4.79 Å². The second kappa shape index (κ2) is 8.14. The fourth-order valence-corrected chi connectivity index (χ4v) is 3.64. The molecule has 0 aliphatic carbocycles. The summed E-state index contributed by atoms with van der Waals surface area (Å²) in [5.41, 5.74) is 2.37. The lowest BCUT2D eigenvalue weighted by Gasteiger charge is -2.13. The molecule has 0 bridgehead atoms. The number of urea groups is 1. The number of benzene rings is 2. The van der Waals surface area contributed by atoms with Crippen molar-refractivity contribution in [2.75, 3.05) is 17.2 Å². The molecule has 1 aliphatic rings. The van der Waals surface area contributed by atoms with Crippen molar-refractivity contribution in [2.45, 2.75) is 12.5 Å². The Morgan fingerprint density at radius 2 is 1.82 bits per heavy atom. The predicted octanol–water partition coefficient (Wildman–Crippen LogP) is 4.13. The van der Waals surface area contributed by atoms with Crippen molar-refractivity contribution >= 4 is 34.6 Å². The quantitative estimate of drug-likeness (QED) is 0.610. The second-order valence-electron chi connectivity index (χ2n) is 6.40. The van der Waals surface area contributed by atoms with Crippen LogP contribution in [0.3, 0.4) is 0 Å². The zero-order valence-electron chi connectivity index (χ0n) is 15.0. The summed E-state index contributed by atoms with van der Waals surface area (Å²) >= 11 is 1.38. The van der Waals surface area contributed by atoms with Crippen LogP contribution >= 0.6 is 11.3 Å². The van der Waals surface area contributed by atoms with Gasteiger partial charge in [0, 0.05) is 17.8 Å². The molecule has 0 fully saturated rings. The van der Waals surface area contributed by atoms with E-state index in [1.54, 1.807) is 30.3 Å². The molecule has 3 N–H and O–H groups in total. The van der Waals surface area contributed by atoms with Crippen molar-refractivity contribution in [2.24, 2.45) is 0 Å². The van der Waals surface area contributed by atoms with Crippen LogP contribution < -0.4 is 20.7 Å². The summed E-state index contributed by atoms with van der Waals surface area (Å²) in [5.74, 6) is 0.707. The second-order valence-corrected chi connectivity index (χ2v) is 7.35. The minimum Gasteiger partial charge on any atom is -0.488 e. The molecule has 2 heterocycles. The van der Waals surface area contributed by atoms with Gasteiger partial charge >= 0.3 is 6.03 Å². The Hall–Kier alpha value is -3.32. The highest BCUT2D eigenvalue weighted by atomic mass is 32.1. The molecule has 7 heteroatoms. The first-order valence-electron chi connectivity index (χ1n) is 8.92. The first kappa shape index (κ1) is 18.1. The molecule has 3 aromatic rings. The summed E-state index contributed by atoms with van der Waals surface area (Å²) in [6.07, 6.45) is 0.709. The molecule has 4 rings (SSSR count). The van der Waals surface area contributed by atoms with Crippen LogP contribution in [-0.2, 0) is 6.42 Å². The summed E-state index contributed by atoms with van der Waals surface area (Å²) in [7, 11) is 0. The van der Waals surface area contributed by atoms with Crippen molar-refractivity contribution in [1.82, 2.24) is 5.32 Å². The lowest BCUT2D eigenvalue weighted by Crippen LogP contribution is -2.37. The van der Waals surface area contributed by atoms with Gasteiger partial charge in [0.25, 0.3) is 5.91 Å². The number of ether oxygens (including phenoxy) is 1. The van der Waals surface area contributed by atoms with Gasteiger partial charge in [0.15, 0.2) is 0 Å². The fourth-order valence-electron chi connectivity index (χ4n) is 3.02. The molecule has 3 amide bonds. The molecule has 0 saturated heterocycles. The molecule has 0 saturated carbocycles. The number of hydrogen-bond donors (Lipinski definition) is 3. The van der Waals surface area contributed by atoms with Crippen molar-refractivity contribution in [3.63, 3.8) is 0 Å². The van der Waals surface area contributed by atoms with E-state index in [9.17, 15) is 9.59 Å². The minimum atomic E-state index is -0.318. The SMILES string of the molecule is O=C(NC[C@H]1Cc2ccccc2O1)Nc1cccc(NC(=O)c2cccs2)c1. The third-order valence-corrected chi connectivity index (χ3v) is 5.20. The predicted molar refractivity (Wildman–Crippen MR) is 110 cm³/mol. The molecular formula is C21H19N3O3S. The standard InChI is InChI=1S/C21H19N3O3S/c25-20(19-9-4-10-28-19)23-15-6-3-7-16(12-15)24-21(26)22-13-17-11-14-5-1-2-8-18(14)27-17/h1-10,12,17H,11,13H2,(H,23,25)(H2,22,24,26)/t17-/m1/s1. The Morgan fingerprint density at radius 3 is 2.61 bits per heavy atom. The average Bonchev–Trinajstić information content (AvgIpc) is 3.36. The summed E-state index contributed by atoms with van der Waals surface area (Å²) in [4.78, 5) is 25.0. The van der Waals surface area contributed by atoms with E-state index in [4.69, 9.17) is 4.74 Å². The Balaban J connectivity index is 1.28. The van der Waals surface area contributed by atoms with Crippen LogP contribution in [-0.4, -0.2) is 24.6 Å². The average molecular weight is 393 g/mol. The highest BCUT2D eigenvalue weighted by Gasteiger charge is 2.22. The van der Waals surface area contributed by atoms with E-state index in [0.717, 1.165) is 17.7 Å². The molecule has 0 spiro atoms. The van der Waals surface area contributed by atoms with Crippen LogP contribution in [0.15, 0.2) is 66.0 Å². The lowest BCUT2D eigenvalue weighted by atomic mass is 10.1. The maximum atomic E-state index is 12.2. The zero-order valence-corrected chi connectivity index (χ0v) is 15.8. The van der Waals surface area contributed by atoms with Gasteiger partial charge in [-0.2, -0.15) is 0 Å². The molecule has 0 radical (unpaired) electrons. The lowest BCUT2D eigenvalue weighted by molar-refractivity contribution is 0.103. The van der Waals surface area contributed by atoms with Gasteiger partial charge in [-0.1, -0.05) is 30.3 Å². The van der Waals surface area contributed by atoms with Gasteiger partial charge in [-0.15, -0.1) is 11.3 Å². The Labute approximate surface area is 166 Å². The third-order valence-electron chi connectivity index (χ3n) is 4.33. The maximum Gasteiger partial charge on any atom is 0.319 e. The van der Waals surface area contributed by atoms with Crippen molar-refractivity contribution in [3.05, 3.63) is 76.5 Å². The Morgan fingerprint density at radius 1 is 1.00 bits per heavy atom. The Kier molecular flexibility index (Phi) is 5.25. The zero-order chi connectivity index (χ0) is 19.3. The van der Waals surface area contributed by atoms with E-state index in [1.807, 2.05) is 35.7 Å². The number of nitrogens with one attached hydrogen (secondary N) is 3. The van der Waals surface area contributed by atoms with Crippen LogP contribution in [0.2, 0.25) is 0 Å². The van der Waals surface area contributed by atoms with Crippen LogP contribution in [0.4, 0.5) is 16.2 Å². The number of amides is 3. The van der Waals surface area contributed by atoms with E-state index < -0.39 is 0 Å². The number of thiophene rings is 1. The van der Waals surface area contributed by atoms with Gasteiger partial charge in [0.2, 0.25) is 0 Å².